The van der Waals surface area contributed by atoms with E-state index in [1.807, 2.05) is 0 Å². The molecular weight excluding hydrogens is 264 g/mol. The smallest absolute Gasteiger partial charge is 0.313 e. The van der Waals surface area contributed by atoms with Crippen molar-refractivity contribution in [3.8, 4) is 0 Å². The van der Waals surface area contributed by atoms with Gasteiger partial charge in [-0.3, -0.25) is 9.36 Å². The number of rotatable bonds is 8. The van der Waals surface area contributed by atoms with E-state index in [9.17, 15) is 4.79 Å². The van der Waals surface area contributed by atoms with Gasteiger partial charge in [0.1, 0.15) is 0 Å². The van der Waals surface area contributed by atoms with Gasteiger partial charge >= 0.3 is 5.97 Å². The Morgan fingerprint density at radius 1 is 1.47 bits per heavy atom. The molecule has 0 aliphatic heterocycles. The molecule has 7 heteroatoms. The number of nitrogens with zero attached hydrogens (tertiary/aromatic N) is 4. The fraction of sp³-hybridized carbons (Fsp3) is 0.750. The van der Waals surface area contributed by atoms with Gasteiger partial charge in [0.25, 0.3) is 0 Å². The molecule has 1 aliphatic rings. The minimum Gasteiger partial charge on any atom is -0.481 e. The highest BCUT2D eigenvalue weighted by molar-refractivity contribution is 7.99. The summed E-state index contributed by atoms with van der Waals surface area (Å²) < 4.78 is 2.12. The number of aliphatic carboxylic acids is 1. The molecule has 1 N–H and O–H groups in total. The molecular formula is C12H20N4O2S. The fourth-order valence-corrected chi connectivity index (χ4v) is 2.75. The van der Waals surface area contributed by atoms with E-state index >= 15 is 0 Å². The molecule has 1 aliphatic carbocycles. The highest BCUT2D eigenvalue weighted by Gasteiger charge is 2.31. The van der Waals surface area contributed by atoms with Crippen LogP contribution in [0.4, 0.5) is 5.95 Å². The van der Waals surface area contributed by atoms with Crippen LogP contribution in [0.25, 0.3) is 0 Å². The van der Waals surface area contributed by atoms with Crippen molar-refractivity contribution in [2.75, 3.05) is 23.7 Å². The van der Waals surface area contributed by atoms with Crippen molar-refractivity contribution in [3.05, 3.63) is 0 Å². The van der Waals surface area contributed by atoms with Gasteiger partial charge in [0, 0.05) is 19.1 Å². The van der Waals surface area contributed by atoms with E-state index in [1.54, 1.807) is 0 Å². The highest BCUT2D eigenvalue weighted by Crippen LogP contribution is 2.40. The second-order valence-corrected chi connectivity index (χ2v) is 5.59. The summed E-state index contributed by atoms with van der Waals surface area (Å²) in [5.41, 5.74) is 0. The normalized spacial score (nSPS) is 14.6. The van der Waals surface area contributed by atoms with Crippen molar-refractivity contribution < 1.29 is 9.90 Å². The molecule has 1 aromatic rings. The van der Waals surface area contributed by atoms with Gasteiger partial charge in [0.15, 0.2) is 5.16 Å². The van der Waals surface area contributed by atoms with Crippen LogP contribution in [0.5, 0.6) is 0 Å². The van der Waals surface area contributed by atoms with Crippen molar-refractivity contribution in [1.29, 1.82) is 0 Å². The average molecular weight is 284 g/mol. The summed E-state index contributed by atoms with van der Waals surface area (Å²) in [5, 5.41) is 18.0. The molecule has 0 amide bonds. The molecule has 1 fully saturated rings. The number of hydrogen-bond donors (Lipinski definition) is 1. The van der Waals surface area contributed by atoms with E-state index in [1.165, 1.54) is 11.8 Å². The van der Waals surface area contributed by atoms with Crippen molar-refractivity contribution in [2.45, 2.75) is 44.3 Å². The van der Waals surface area contributed by atoms with Crippen LogP contribution in [0.15, 0.2) is 5.16 Å². The molecule has 0 bridgehead atoms. The van der Waals surface area contributed by atoms with Gasteiger partial charge in [-0.25, -0.2) is 0 Å². The lowest BCUT2D eigenvalue weighted by Gasteiger charge is -2.21. The maximum absolute atomic E-state index is 10.7. The van der Waals surface area contributed by atoms with Gasteiger partial charge < -0.3 is 10.0 Å². The molecule has 0 spiro atoms. The molecule has 106 valence electrons. The zero-order chi connectivity index (χ0) is 13.8. The minimum absolute atomic E-state index is 0.0325. The Balaban J connectivity index is 2.20. The monoisotopic (exact) mass is 284 g/mol. The molecule has 0 atom stereocenters. The first-order chi connectivity index (χ1) is 9.17. The third-order valence-electron chi connectivity index (χ3n) is 3.04. The molecule has 1 aromatic heterocycles. The van der Waals surface area contributed by atoms with Crippen molar-refractivity contribution in [3.63, 3.8) is 0 Å². The summed E-state index contributed by atoms with van der Waals surface area (Å²) in [6.07, 6.45) is 3.33. The number of aromatic nitrogens is 3. The van der Waals surface area contributed by atoms with E-state index in [4.69, 9.17) is 5.11 Å². The first kappa shape index (κ1) is 14.2. The van der Waals surface area contributed by atoms with E-state index in [0.29, 0.717) is 6.04 Å². The Kier molecular flexibility index (Phi) is 4.68. The summed E-state index contributed by atoms with van der Waals surface area (Å²) in [4.78, 5) is 12.9. The summed E-state index contributed by atoms with van der Waals surface area (Å²) >= 11 is 1.25. The van der Waals surface area contributed by atoms with E-state index in [2.05, 4.69) is 33.5 Å². The standard InChI is InChI=1S/C12H20N4O2S/c1-3-7-15(4-2)11-13-14-12(19-8-10(17)18)16(11)9-5-6-9/h9H,3-8H2,1-2H3,(H,17,18). The van der Waals surface area contributed by atoms with Crippen LogP contribution in [-0.2, 0) is 4.79 Å². The summed E-state index contributed by atoms with van der Waals surface area (Å²) in [6, 6.07) is 0.451. The molecule has 19 heavy (non-hydrogen) atoms. The second-order valence-electron chi connectivity index (χ2n) is 4.65. The topological polar surface area (TPSA) is 71.2 Å². The summed E-state index contributed by atoms with van der Waals surface area (Å²) in [5.74, 6) is 0.0997. The number of thioether (sulfide) groups is 1. The first-order valence-electron chi connectivity index (χ1n) is 6.71. The predicted molar refractivity (Wildman–Crippen MR) is 74.8 cm³/mol. The van der Waals surface area contributed by atoms with Gasteiger partial charge in [-0.05, 0) is 26.2 Å². The third kappa shape index (κ3) is 3.40. The number of carboxylic acid groups (broad SMARTS) is 1. The molecule has 6 nitrogen and oxygen atoms in total. The molecule has 0 aromatic carbocycles. The van der Waals surface area contributed by atoms with Crippen LogP contribution in [0, 0.1) is 0 Å². The lowest BCUT2D eigenvalue weighted by Crippen LogP contribution is -2.27. The molecule has 2 rings (SSSR count). The number of carbonyl (C=O) groups is 1. The third-order valence-corrected chi connectivity index (χ3v) is 3.97. The quantitative estimate of drug-likeness (QED) is 0.736. The molecule has 0 saturated heterocycles. The summed E-state index contributed by atoms with van der Waals surface area (Å²) in [7, 11) is 0. The largest absolute Gasteiger partial charge is 0.481 e. The van der Waals surface area contributed by atoms with Crippen molar-refractivity contribution >= 4 is 23.7 Å². The van der Waals surface area contributed by atoms with Gasteiger partial charge in [0.05, 0.1) is 5.75 Å². The Morgan fingerprint density at radius 2 is 2.21 bits per heavy atom. The highest BCUT2D eigenvalue weighted by atomic mass is 32.2. The van der Waals surface area contributed by atoms with E-state index in [-0.39, 0.29) is 5.75 Å². The maximum atomic E-state index is 10.7. The van der Waals surface area contributed by atoms with Gasteiger partial charge in [-0.1, -0.05) is 18.7 Å². The van der Waals surface area contributed by atoms with E-state index < -0.39 is 5.97 Å². The predicted octanol–water partition coefficient (Wildman–Crippen LogP) is 2.03. The zero-order valence-corrected chi connectivity index (χ0v) is 12.2. The zero-order valence-electron chi connectivity index (χ0n) is 11.4. The first-order valence-corrected chi connectivity index (χ1v) is 7.70. The van der Waals surface area contributed by atoms with Gasteiger partial charge in [-0.15, -0.1) is 10.2 Å². The fourth-order valence-electron chi connectivity index (χ4n) is 2.03. The van der Waals surface area contributed by atoms with Crippen molar-refractivity contribution in [2.24, 2.45) is 0 Å². The van der Waals surface area contributed by atoms with E-state index in [0.717, 1.165) is 43.5 Å². The summed E-state index contributed by atoms with van der Waals surface area (Å²) in [6.45, 7) is 6.08. The Morgan fingerprint density at radius 3 is 2.74 bits per heavy atom. The molecule has 1 saturated carbocycles. The SMILES string of the molecule is CCCN(CC)c1nnc(SCC(=O)O)n1C1CC1. The number of hydrogen-bond acceptors (Lipinski definition) is 5. The maximum Gasteiger partial charge on any atom is 0.313 e. The van der Waals surface area contributed by atoms with Crippen LogP contribution in [0.1, 0.15) is 39.2 Å². The van der Waals surface area contributed by atoms with Gasteiger partial charge in [-0.2, -0.15) is 0 Å². The lowest BCUT2D eigenvalue weighted by molar-refractivity contribution is -0.133. The molecule has 0 radical (unpaired) electrons. The Bertz CT molecular complexity index is 445. The van der Waals surface area contributed by atoms with Crippen LogP contribution in [0.3, 0.4) is 0 Å². The van der Waals surface area contributed by atoms with Gasteiger partial charge in [0.2, 0.25) is 5.95 Å². The number of anilines is 1. The Labute approximate surface area is 117 Å². The molecule has 0 unspecified atom stereocenters. The number of carboxylic acids is 1. The lowest BCUT2D eigenvalue weighted by atomic mass is 10.4. The molecule has 1 heterocycles. The second kappa shape index (κ2) is 6.27. The minimum atomic E-state index is -0.821. The van der Waals surface area contributed by atoms with Crippen LogP contribution < -0.4 is 4.90 Å². The Hall–Kier alpha value is -1.24. The van der Waals surface area contributed by atoms with Crippen LogP contribution in [-0.4, -0.2) is 44.7 Å². The van der Waals surface area contributed by atoms with Crippen LogP contribution in [0.2, 0.25) is 0 Å². The van der Waals surface area contributed by atoms with Crippen LogP contribution >= 0.6 is 11.8 Å². The average Bonchev–Trinajstić information content (AvgIpc) is 3.14. The van der Waals surface area contributed by atoms with Crippen molar-refractivity contribution in [1.82, 2.24) is 14.8 Å².